The van der Waals surface area contributed by atoms with Crippen molar-refractivity contribution in [3.63, 3.8) is 0 Å². The Bertz CT molecular complexity index is 1480. The predicted molar refractivity (Wildman–Crippen MR) is 139 cm³/mol. The van der Waals surface area contributed by atoms with Gasteiger partial charge in [0, 0.05) is 18.1 Å². The maximum absolute atomic E-state index is 14.9. The van der Waals surface area contributed by atoms with Crippen molar-refractivity contribution < 1.29 is 32.5 Å². The molecular weight excluding hydrogens is 523 g/mol. The summed E-state index contributed by atoms with van der Waals surface area (Å²) in [4.78, 5) is 32.5. The maximum Gasteiger partial charge on any atom is 0.319 e. The molecule has 4 rings (SSSR count). The second-order valence-corrected chi connectivity index (χ2v) is 9.53. The van der Waals surface area contributed by atoms with Crippen molar-refractivity contribution in [3.8, 4) is 28.5 Å². The second kappa shape index (κ2) is 12.0. The van der Waals surface area contributed by atoms with Crippen LogP contribution in [0.1, 0.15) is 55.4 Å². The van der Waals surface area contributed by atoms with E-state index in [2.05, 4.69) is 25.6 Å². The number of aryl methyl sites for hydroxylation is 1. The van der Waals surface area contributed by atoms with Crippen LogP contribution in [0.25, 0.3) is 22.8 Å². The van der Waals surface area contributed by atoms with E-state index < -0.39 is 29.3 Å². The van der Waals surface area contributed by atoms with Crippen LogP contribution >= 0.6 is 0 Å². The lowest BCUT2D eigenvalue weighted by Gasteiger charge is -2.25. The molecule has 4 aromatic rings. The molecule has 0 saturated carbocycles. The van der Waals surface area contributed by atoms with Gasteiger partial charge in [0.1, 0.15) is 18.2 Å². The molecule has 2 heterocycles. The minimum absolute atomic E-state index is 0.122. The molecule has 40 heavy (non-hydrogen) atoms. The zero-order chi connectivity index (χ0) is 28.9. The van der Waals surface area contributed by atoms with Crippen LogP contribution in [0.4, 0.5) is 4.39 Å². The summed E-state index contributed by atoms with van der Waals surface area (Å²) in [6, 6.07) is 11.1. The van der Waals surface area contributed by atoms with Gasteiger partial charge in [0.15, 0.2) is 6.10 Å². The number of carbonyl (C=O) groups excluding carboxylic acids is 2. The predicted octanol–water partition coefficient (Wildman–Crippen LogP) is 3.77. The molecule has 2 aromatic carbocycles. The third-order valence-corrected chi connectivity index (χ3v) is 5.69. The lowest BCUT2D eigenvalue weighted by atomic mass is 10.0. The van der Waals surface area contributed by atoms with Gasteiger partial charge in [-0.05, 0) is 56.7 Å². The first-order valence-corrected chi connectivity index (χ1v) is 12.5. The van der Waals surface area contributed by atoms with Crippen LogP contribution in [0.5, 0.6) is 5.75 Å². The summed E-state index contributed by atoms with van der Waals surface area (Å²) in [5.74, 6) is -0.198. The summed E-state index contributed by atoms with van der Waals surface area (Å²) in [5, 5.41) is 10.5. The van der Waals surface area contributed by atoms with Gasteiger partial charge >= 0.3 is 5.97 Å². The van der Waals surface area contributed by atoms with E-state index in [0.717, 1.165) is 11.6 Å². The molecule has 0 spiro atoms. The number of halogens is 1. The van der Waals surface area contributed by atoms with Crippen molar-refractivity contribution in [1.29, 1.82) is 0 Å². The van der Waals surface area contributed by atoms with Crippen molar-refractivity contribution in [2.75, 3.05) is 13.2 Å². The number of carbonyl (C=O) groups is 2. The number of hydrogen-bond acceptors (Lipinski definition) is 11. The number of benzene rings is 2. The molecule has 0 fully saturated rings. The Kier molecular flexibility index (Phi) is 8.53. The highest BCUT2D eigenvalue weighted by Gasteiger charge is 2.26. The molecule has 0 aliphatic rings. The van der Waals surface area contributed by atoms with Gasteiger partial charge in [0.2, 0.25) is 17.5 Å². The summed E-state index contributed by atoms with van der Waals surface area (Å²) in [6.07, 6.45) is -0.0258. The van der Waals surface area contributed by atoms with E-state index >= 15 is 0 Å². The summed E-state index contributed by atoms with van der Waals surface area (Å²) in [7, 11) is 0. The molecule has 1 atom stereocenters. The van der Waals surface area contributed by atoms with Crippen molar-refractivity contribution in [1.82, 2.24) is 25.6 Å². The zero-order valence-corrected chi connectivity index (χ0v) is 22.4. The molecule has 0 radical (unpaired) electrons. The Balaban J connectivity index is 1.42. The van der Waals surface area contributed by atoms with Gasteiger partial charge in [-0.15, -0.1) is 0 Å². The molecule has 12 nitrogen and oxygen atoms in total. The van der Waals surface area contributed by atoms with Crippen molar-refractivity contribution in [3.05, 3.63) is 65.6 Å². The normalized spacial score (nSPS) is 12.2. The highest BCUT2D eigenvalue weighted by molar-refractivity contribution is 5.95. The Labute approximate surface area is 229 Å². The van der Waals surface area contributed by atoms with Gasteiger partial charge in [0.25, 0.3) is 11.8 Å². The topological polar surface area (TPSA) is 168 Å². The quantitative estimate of drug-likeness (QED) is 0.260. The van der Waals surface area contributed by atoms with Gasteiger partial charge in [-0.1, -0.05) is 23.3 Å². The number of aromatic nitrogens is 4. The second-order valence-electron chi connectivity index (χ2n) is 9.53. The highest BCUT2D eigenvalue weighted by atomic mass is 19.1. The fraction of sp³-hybridized carbons (Fsp3) is 0.333. The number of rotatable bonds is 11. The lowest BCUT2D eigenvalue weighted by molar-refractivity contribution is -0.143. The van der Waals surface area contributed by atoms with E-state index in [1.807, 2.05) is 6.92 Å². The number of amides is 1. The number of hydrogen-bond donors (Lipinski definition) is 2. The van der Waals surface area contributed by atoms with Gasteiger partial charge in [-0.2, -0.15) is 9.97 Å². The number of nitrogens with two attached hydrogens (primary N) is 1. The van der Waals surface area contributed by atoms with E-state index in [4.69, 9.17) is 24.3 Å². The molecule has 210 valence electrons. The van der Waals surface area contributed by atoms with Gasteiger partial charge in [0.05, 0.1) is 17.6 Å². The lowest BCUT2D eigenvalue weighted by Crippen LogP contribution is -2.48. The fourth-order valence-electron chi connectivity index (χ4n) is 3.62. The van der Waals surface area contributed by atoms with E-state index in [9.17, 15) is 14.0 Å². The monoisotopic (exact) mass is 552 g/mol. The fourth-order valence-corrected chi connectivity index (χ4v) is 3.62. The Hall–Kier alpha value is -4.65. The summed E-state index contributed by atoms with van der Waals surface area (Å²) in [6.45, 7) is 6.49. The highest BCUT2D eigenvalue weighted by Crippen LogP contribution is 2.28. The molecule has 2 aromatic heterocycles. The Morgan fingerprint density at radius 1 is 1.05 bits per heavy atom. The number of ether oxygens (including phenoxy) is 2. The first-order chi connectivity index (χ1) is 19.1. The molecular formula is C27H29FN6O6. The first kappa shape index (κ1) is 28.4. The van der Waals surface area contributed by atoms with Gasteiger partial charge in [-0.25, -0.2) is 4.39 Å². The van der Waals surface area contributed by atoms with Gasteiger partial charge < -0.3 is 29.6 Å². The molecule has 0 bridgehead atoms. The Morgan fingerprint density at radius 2 is 1.73 bits per heavy atom. The number of nitrogens with one attached hydrogen (secondary N) is 1. The van der Waals surface area contributed by atoms with Crippen LogP contribution in [-0.2, 0) is 9.53 Å². The van der Waals surface area contributed by atoms with Crippen LogP contribution in [0, 0.1) is 12.7 Å². The van der Waals surface area contributed by atoms with Crippen molar-refractivity contribution in [2.24, 2.45) is 5.73 Å². The molecule has 0 aliphatic heterocycles. The SMILES string of the molecule is CCC(Oc1ccc(-c2noc(C)n2)cc1)c1nc(-c2ccc(C(=O)NC(C)(C)COC(=O)CN)c(F)c2)no1. The summed E-state index contributed by atoms with van der Waals surface area (Å²) >= 11 is 0. The molecule has 1 unspecified atom stereocenters. The molecule has 3 N–H and O–H groups in total. The average molecular weight is 553 g/mol. The molecule has 1 amide bonds. The van der Waals surface area contributed by atoms with Crippen LogP contribution in [0.3, 0.4) is 0 Å². The largest absolute Gasteiger partial charge is 0.481 e. The van der Waals surface area contributed by atoms with E-state index in [1.54, 1.807) is 45.0 Å². The van der Waals surface area contributed by atoms with Crippen LogP contribution in [-0.4, -0.2) is 50.8 Å². The number of nitrogens with zero attached hydrogens (tertiary/aromatic N) is 4. The zero-order valence-electron chi connectivity index (χ0n) is 22.4. The maximum atomic E-state index is 14.9. The standard InChI is InChI=1S/C27H29FN6O6/c1-5-21(38-18-9-6-16(7-10-18)23-30-15(2)39-33-23)26-31-24(34-40-26)17-8-11-19(20(28)12-17)25(36)32-27(3,4)14-37-22(35)13-29/h6-12,21H,5,13-14,29H2,1-4H3,(H,32,36). The minimum atomic E-state index is -0.947. The van der Waals surface area contributed by atoms with E-state index in [0.29, 0.717) is 29.4 Å². The summed E-state index contributed by atoms with van der Waals surface area (Å²) in [5.41, 5.74) is 5.16. The van der Waals surface area contributed by atoms with E-state index in [1.165, 1.54) is 12.1 Å². The first-order valence-electron chi connectivity index (χ1n) is 12.5. The third kappa shape index (κ3) is 6.86. The van der Waals surface area contributed by atoms with Gasteiger partial charge in [-0.3, -0.25) is 9.59 Å². The average Bonchev–Trinajstić information content (AvgIpc) is 3.60. The molecule has 13 heteroatoms. The van der Waals surface area contributed by atoms with Crippen molar-refractivity contribution >= 4 is 11.9 Å². The smallest absolute Gasteiger partial charge is 0.319 e. The number of esters is 1. The molecule has 0 saturated heterocycles. The minimum Gasteiger partial charge on any atom is -0.481 e. The van der Waals surface area contributed by atoms with Crippen molar-refractivity contribution in [2.45, 2.75) is 45.8 Å². The van der Waals surface area contributed by atoms with Crippen LogP contribution < -0.4 is 15.8 Å². The molecule has 0 aliphatic carbocycles. The Morgan fingerprint density at radius 3 is 2.35 bits per heavy atom. The third-order valence-electron chi connectivity index (χ3n) is 5.69. The summed E-state index contributed by atoms with van der Waals surface area (Å²) < 4.78 is 36.3. The van der Waals surface area contributed by atoms with Crippen LogP contribution in [0.15, 0.2) is 51.5 Å². The van der Waals surface area contributed by atoms with E-state index in [-0.39, 0.29) is 30.4 Å². The van der Waals surface area contributed by atoms with Crippen LogP contribution in [0.2, 0.25) is 0 Å².